The summed E-state index contributed by atoms with van der Waals surface area (Å²) in [4.78, 5) is 23.8. The molecule has 0 heterocycles. The monoisotopic (exact) mass is 483 g/mol. The van der Waals surface area contributed by atoms with Crippen molar-refractivity contribution in [2.24, 2.45) is 0 Å². The van der Waals surface area contributed by atoms with Gasteiger partial charge in [-0.2, -0.15) is 0 Å². The van der Waals surface area contributed by atoms with Crippen LogP contribution in [0.1, 0.15) is 30.1 Å². The van der Waals surface area contributed by atoms with Gasteiger partial charge in [0, 0.05) is 10.2 Å². The molecule has 0 unspecified atom stereocenters. The number of hydrogen-bond acceptors (Lipinski definition) is 4. The lowest BCUT2D eigenvalue weighted by Crippen LogP contribution is -2.20. The van der Waals surface area contributed by atoms with Gasteiger partial charge in [-0.3, -0.25) is 4.79 Å². The smallest absolute Gasteiger partial charge is 0.338 e. The van der Waals surface area contributed by atoms with E-state index in [1.807, 2.05) is 19.1 Å². The van der Waals surface area contributed by atoms with Gasteiger partial charge in [0.05, 0.1) is 16.6 Å². The third-order valence-corrected chi connectivity index (χ3v) is 4.50. The highest BCUT2D eigenvalue weighted by Gasteiger charge is 2.09. The third kappa shape index (κ3) is 6.46. The molecule has 138 valence electrons. The Labute approximate surface area is 169 Å². The highest BCUT2D eigenvalue weighted by atomic mass is 79.9. The average molecular weight is 485 g/mol. The van der Waals surface area contributed by atoms with E-state index in [-0.39, 0.29) is 18.5 Å². The van der Waals surface area contributed by atoms with Crippen LogP contribution in [0.15, 0.2) is 51.4 Å². The zero-order chi connectivity index (χ0) is 18.9. The summed E-state index contributed by atoms with van der Waals surface area (Å²) in [5.74, 6) is -0.0774. The van der Waals surface area contributed by atoms with Gasteiger partial charge in [-0.1, -0.05) is 29.3 Å². The summed E-state index contributed by atoms with van der Waals surface area (Å²) in [5, 5.41) is 2.72. The lowest BCUT2D eigenvalue weighted by molar-refractivity contribution is -0.118. The van der Waals surface area contributed by atoms with E-state index >= 15 is 0 Å². The van der Waals surface area contributed by atoms with Crippen molar-refractivity contribution in [2.45, 2.75) is 19.8 Å². The Hall–Kier alpha value is -1.86. The number of halogens is 2. The molecular formula is C19H19Br2NO4. The van der Waals surface area contributed by atoms with Gasteiger partial charge in [-0.25, -0.2) is 4.79 Å². The summed E-state index contributed by atoms with van der Waals surface area (Å²) in [7, 11) is 0. The Bertz CT molecular complexity index is 763. The molecule has 1 amide bonds. The Kier molecular flexibility index (Phi) is 8.12. The fraction of sp³-hybridized carbons (Fsp3) is 0.263. The van der Waals surface area contributed by atoms with Crippen LogP contribution in [0.5, 0.6) is 5.75 Å². The fourth-order valence-corrected chi connectivity index (χ4v) is 3.18. The van der Waals surface area contributed by atoms with Gasteiger partial charge in [0.25, 0.3) is 5.91 Å². The second-order valence-electron chi connectivity index (χ2n) is 5.48. The molecule has 1 N–H and O–H groups in total. The van der Waals surface area contributed by atoms with Crippen LogP contribution in [0, 0.1) is 0 Å². The van der Waals surface area contributed by atoms with Crippen molar-refractivity contribution in [3.63, 3.8) is 0 Å². The van der Waals surface area contributed by atoms with Gasteiger partial charge in [0.2, 0.25) is 0 Å². The molecule has 2 aromatic rings. The standard InChI is InChI=1S/C19H19Br2NO4/c1-2-3-10-25-19(24)13-4-7-15(8-5-13)22-18(23)12-26-17-9-6-14(20)11-16(17)21/h4-9,11H,2-3,10,12H2,1H3,(H,22,23). The fourth-order valence-electron chi connectivity index (χ4n) is 2.01. The molecular weight excluding hydrogens is 466 g/mol. The van der Waals surface area contributed by atoms with Crippen LogP contribution in [0.2, 0.25) is 0 Å². The highest BCUT2D eigenvalue weighted by molar-refractivity contribution is 9.11. The van der Waals surface area contributed by atoms with E-state index in [1.54, 1.807) is 30.3 Å². The molecule has 0 bridgehead atoms. The Morgan fingerprint density at radius 3 is 2.46 bits per heavy atom. The first-order valence-corrected chi connectivity index (χ1v) is 9.73. The lowest BCUT2D eigenvalue weighted by Gasteiger charge is -2.10. The molecule has 0 fully saturated rings. The number of carbonyl (C=O) groups is 2. The minimum atomic E-state index is -0.361. The summed E-state index contributed by atoms with van der Waals surface area (Å²) in [6.45, 7) is 2.32. The molecule has 0 spiro atoms. The molecule has 0 saturated carbocycles. The summed E-state index contributed by atoms with van der Waals surface area (Å²) in [5.41, 5.74) is 1.03. The highest BCUT2D eigenvalue weighted by Crippen LogP contribution is 2.28. The lowest BCUT2D eigenvalue weighted by atomic mass is 10.2. The Morgan fingerprint density at radius 1 is 1.08 bits per heavy atom. The number of unbranched alkanes of at least 4 members (excludes halogenated alkanes) is 1. The maximum atomic E-state index is 12.0. The average Bonchev–Trinajstić information content (AvgIpc) is 2.61. The maximum Gasteiger partial charge on any atom is 0.338 e. The second-order valence-corrected chi connectivity index (χ2v) is 7.25. The van der Waals surface area contributed by atoms with Crippen molar-refractivity contribution < 1.29 is 19.1 Å². The number of esters is 1. The van der Waals surface area contributed by atoms with E-state index in [2.05, 4.69) is 37.2 Å². The molecule has 0 atom stereocenters. The number of carbonyl (C=O) groups excluding carboxylic acids is 2. The number of nitrogens with one attached hydrogen (secondary N) is 1. The molecule has 2 aromatic carbocycles. The third-order valence-electron chi connectivity index (χ3n) is 3.39. The summed E-state index contributed by atoms with van der Waals surface area (Å²) >= 11 is 6.73. The molecule has 0 radical (unpaired) electrons. The number of amides is 1. The van der Waals surface area contributed by atoms with Gasteiger partial charge in [0.1, 0.15) is 5.75 Å². The van der Waals surface area contributed by atoms with Crippen molar-refractivity contribution >= 4 is 49.4 Å². The van der Waals surface area contributed by atoms with Crippen molar-refractivity contribution in [3.8, 4) is 5.75 Å². The quantitative estimate of drug-likeness (QED) is 0.413. The van der Waals surface area contributed by atoms with Gasteiger partial charge in [-0.15, -0.1) is 0 Å². The minimum absolute atomic E-state index is 0.124. The first kappa shape index (κ1) is 20.5. The Morgan fingerprint density at radius 2 is 1.81 bits per heavy atom. The second kappa shape index (κ2) is 10.3. The molecule has 0 aliphatic carbocycles. The van der Waals surface area contributed by atoms with Crippen LogP contribution in [0.25, 0.3) is 0 Å². The molecule has 0 aliphatic heterocycles. The van der Waals surface area contributed by atoms with Crippen molar-refractivity contribution in [1.29, 1.82) is 0 Å². The number of benzene rings is 2. The van der Waals surface area contributed by atoms with Crippen LogP contribution in [-0.2, 0) is 9.53 Å². The zero-order valence-corrected chi connectivity index (χ0v) is 17.4. The first-order chi connectivity index (χ1) is 12.5. The minimum Gasteiger partial charge on any atom is -0.483 e. The summed E-state index contributed by atoms with van der Waals surface area (Å²) in [6.07, 6.45) is 1.81. The van der Waals surface area contributed by atoms with Crippen molar-refractivity contribution in [1.82, 2.24) is 0 Å². The normalized spacial score (nSPS) is 10.3. The van der Waals surface area contributed by atoms with E-state index in [9.17, 15) is 9.59 Å². The van der Waals surface area contributed by atoms with Crippen molar-refractivity contribution in [2.75, 3.05) is 18.5 Å². The van der Waals surface area contributed by atoms with Crippen LogP contribution < -0.4 is 10.1 Å². The van der Waals surface area contributed by atoms with E-state index in [1.165, 1.54) is 0 Å². The molecule has 0 aliphatic rings. The maximum absolute atomic E-state index is 12.0. The molecule has 0 saturated heterocycles. The molecule has 7 heteroatoms. The van der Waals surface area contributed by atoms with E-state index in [0.29, 0.717) is 23.6 Å². The van der Waals surface area contributed by atoms with Crippen LogP contribution in [0.3, 0.4) is 0 Å². The van der Waals surface area contributed by atoms with Gasteiger partial charge in [0.15, 0.2) is 6.61 Å². The predicted octanol–water partition coefficient (Wildman–Crippen LogP) is 5.19. The number of rotatable bonds is 8. The topological polar surface area (TPSA) is 64.6 Å². The number of hydrogen-bond donors (Lipinski definition) is 1. The Balaban J connectivity index is 1.84. The summed E-state index contributed by atoms with van der Waals surface area (Å²) < 4.78 is 12.3. The van der Waals surface area contributed by atoms with E-state index in [0.717, 1.165) is 21.8 Å². The van der Waals surface area contributed by atoms with E-state index < -0.39 is 0 Å². The predicted molar refractivity (Wildman–Crippen MR) is 108 cm³/mol. The summed E-state index contributed by atoms with van der Waals surface area (Å²) in [6, 6.07) is 12.0. The number of anilines is 1. The van der Waals surface area contributed by atoms with Gasteiger partial charge < -0.3 is 14.8 Å². The van der Waals surface area contributed by atoms with Crippen LogP contribution in [0.4, 0.5) is 5.69 Å². The largest absolute Gasteiger partial charge is 0.483 e. The van der Waals surface area contributed by atoms with Crippen LogP contribution >= 0.6 is 31.9 Å². The first-order valence-electron chi connectivity index (χ1n) is 8.14. The zero-order valence-electron chi connectivity index (χ0n) is 14.3. The SMILES string of the molecule is CCCCOC(=O)c1ccc(NC(=O)COc2ccc(Br)cc2Br)cc1. The van der Waals surface area contributed by atoms with Gasteiger partial charge >= 0.3 is 5.97 Å². The molecule has 0 aromatic heterocycles. The molecule has 26 heavy (non-hydrogen) atoms. The van der Waals surface area contributed by atoms with Crippen molar-refractivity contribution in [3.05, 3.63) is 57.0 Å². The molecule has 5 nitrogen and oxygen atoms in total. The van der Waals surface area contributed by atoms with Crippen LogP contribution in [-0.4, -0.2) is 25.1 Å². The molecule has 2 rings (SSSR count). The number of ether oxygens (including phenoxy) is 2. The van der Waals surface area contributed by atoms with E-state index in [4.69, 9.17) is 9.47 Å². The van der Waals surface area contributed by atoms with Gasteiger partial charge in [-0.05, 0) is 64.8 Å².